The summed E-state index contributed by atoms with van der Waals surface area (Å²) in [5.41, 5.74) is 5.77. The zero-order valence-electron chi connectivity index (χ0n) is 16.2. The Bertz CT molecular complexity index is 1210. The third-order valence-corrected chi connectivity index (χ3v) is 5.25. The van der Waals surface area contributed by atoms with Crippen LogP contribution in [0.15, 0.2) is 73.1 Å². The lowest BCUT2D eigenvalue weighted by atomic mass is 10.1. The number of imidazole rings is 1. The van der Waals surface area contributed by atoms with Gasteiger partial charge in [0.15, 0.2) is 0 Å². The van der Waals surface area contributed by atoms with Crippen molar-refractivity contribution in [1.82, 2.24) is 9.38 Å². The summed E-state index contributed by atoms with van der Waals surface area (Å²) < 4.78 is 7.93. The lowest BCUT2D eigenvalue weighted by Crippen LogP contribution is -2.28. The number of rotatable bonds is 4. The van der Waals surface area contributed by atoms with E-state index in [0.29, 0.717) is 24.5 Å². The molecule has 0 saturated carbocycles. The van der Waals surface area contributed by atoms with Crippen LogP contribution < -0.4 is 9.64 Å². The summed E-state index contributed by atoms with van der Waals surface area (Å²) in [5.74, 6) is 0.667. The van der Waals surface area contributed by atoms with Gasteiger partial charge in [0.05, 0.1) is 5.69 Å². The van der Waals surface area contributed by atoms with Crippen molar-refractivity contribution >= 4 is 17.2 Å². The van der Waals surface area contributed by atoms with Crippen LogP contribution in [0.25, 0.3) is 5.65 Å². The molecular weight excluding hydrogens is 362 g/mol. The molecular formula is C24H21N3O2. The number of ether oxygens (including phenoxy) is 1. The number of carbonyl (C=O) groups excluding carboxylic acids is 1. The molecule has 144 valence electrons. The van der Waals surface area contributed by atoms with Crippen molar-refractivity contribution in [3.8, 4) is 5.75 Å². The van der Waals surface area contributed by atoms with Gasteiger partial charge >= 0.3 is 0 Å². The van der Waals surface area contributed by atoms with Crippen LogP contribution in [-0.4, -0.2) is 21.8 Å². The first-order valence-electron chi connectivity index (χ1n) is 9.74. The highest BCUT2D eigenvalue weighted by Crippen LogP contribution is 2.29. The molecule has 3 heterocycles. The van der Waals surface area contributed by atoms with Crippen LogP contribution in [0.3, 0.4) is 0 Å². The Morgan fingerprint density at radius 1 is 1.07 bits per heavy atom. The minimum Gasteiger partial charge on any atom is -0.487 e. The zero-order chi connectivity index (χ0) is 19.8. The van der Waals surface area contributed by atoms with Crippen molar-refractivity contribution < 1.29 is 9.53 Å². The number of pyridine rings is 1. The van der Waals surface area contributed by atoms with Crippen LogP contribution >= 0.6 is 0 Å². The Morgan fingerprint density at radius 2 is 1.97 bits per heavy atom. The molecule has 0 saturated heterocycles. The number of para-hydroxylation sites is 1. The first kappa shape index (κ1) is 17.5. The van der Waals surface area contributed by atoms with E-state index >= 15 is 0 Å². The van der Waals surface area contributed by atoms with Crippen molar-refractivity contribution in [2.45, 2.75) is 20.0 Å². The molecule has 0 aliphatic carbocycles. The molecule has 0 fully saturated rings. The van der Waals surface area contributed by atoms with E-state index in [9.17, 15) is 4.79 Å². The molecule has 1 amide bonds. The van der Waals surface area contributed by atoms with Gasteiger partial charge in [-0.2, -0.15) is 0 Å². The summed E-state index contributed by atoms with van der Waals surface area (Å²) in [4.78, 5) is 19.5. The summed E-state index contributed by atoms with van der Waals surface area (Å²) in [5, 5.41) is 0. The predicted molar refractivity (Wildman–Crippen MR) is 113 cm³/mol. The van der Waals surface area contributed by atoms with E-state index in [1.807, 2.05) is 76.3 Å². The van der Waals surface area contributed by atoms with Crippen LogP contribution in [-0.2, 0) is 13.0 Å². The number of carbonyl (C=O) groups is 1. The maximum Gasteiger partial charge on any atom is 0.258 e. The molecule has 5 heteroatoms. The molecule has 2 aromatic heterocycles. The molecule has 0 unspecified atom stereocenters. The minimum atomic E-state index is 0.00334. The average molecular weight is 383 g/mol. The van der Waals surface area contributed by atoms with Crippen LogP contribution in [0.4, 0.5) is 5.69 Å². The van der Waals surface area contributed by atoms with E-state index in [4.69, 9.17) is 4.74 Å². The molecule has 1 aliphatic rings. The van der Waals surface area contributed by atoms with Gasteiger partial charge in [-0.1, -0.05) is 30.3 Å². The molecule has 2 aromatic carbocycles. The Hall–Kier alpha value is -3.60. The molecule has 29 heavy (non-hydrogen) atoms. The number of hydrogen-bond acceptors (Lipinski definition) is 3. The average Bonchev–Trinajstić information content (AvgIpc) is 3.35. The van der Waals surface area contributed by atoms with Crippen LogP contribution in [0.1, 0.15) is 27.2 Å². The Kier molecular flexibility index (Phi) is 4.28. The molecule has 0 radical (unpaired) electrons. The van der Waals surface area contributed by atoms with Gasteiger partial charge in [0, 0.05) is 30.2 Å². The second kappa shape index (κ2) is 7.09. The Balaban J connectivity index is 1.32. The lowest BCUT2D eigenvalue weighted by molar-refractivity contribution is 0.0989. The van der Waals surface area contributed by atoms with E-state index in [2.05, 4.69) is 18.0 Å². The number of benzene rings is 2. The van der Waals surface area contributed by atoms with Crippen LogP contribution in [0.2, 0.25) is 0 Å². The summed E-state index contributed by atoms with van der Waals surface area (Å²) in [7, 11) is 0. The fourth-order valence-electron chi connectivity index (χ4n) is 3.81. The zero-order valence-corrected chi connectivity index (χ0v) is 16.2. The third-order valence-electron chi connectivity index (χ3n) is 5.25. The number of aryl methyl sites for hydroxylation is 1. The van der Waals surface area contributed by atoms with Gasteiger partial charge in [0.25, 0.3) is 5.91 Å². The number of hydrogen-bond donors (Lipinski definition) is 0. The van der Waals surface area contributed by atoms with Gasteiger partial charge in [-0.3, -0.25) is 4.79 Å². The van der Waals surface area contributed by atoms with Crippen molar-refractivity contribution in [3.63, 3.8) is 0 Å². The van der Waals surface area contributed by atoms with Gasteiger partial charge in [-0.05, 0) is 54.8 Å². The Morgan fingerprint density at radius 3 is 2.90 bits per heavy atom. The number of amides is 1. The topological polar surface area (TPSA) is 46.8 Å². The van der Waals surface area contributed by atoms with Gasteiger partial charge in [-0.15, -0.1) is 0 Å². The van der Waals surface area contributed by atoms with Gasteiger partial charge in [0.2, 0.25) is 0 Å². The first-order chi connectivity index (χ1) is 14.2. The highest BCUT2D eigenvalue weighted by atomic mass is 16.5. The number of aromatic nitrogens is 2. The van der Waals surface area contributed by atoms with E-state index in [1.54, 1.807) is 0 Å². The van der Waals surface area contributed by atoms with Crippen molar-refractivity contribution in [3.05, 3.63) is 95.4 Å². The second-order valence-corrected chi connectivity index (χ2v) is 7.36. The SMILES string of the molecule is Cc1ccc2nc(COc3cccc(C(=O)N4CCc5ccccc54)c3)cn2c1. The van der Waals surface area contributed by atoms with E-state index in [0.717, 1.165) is 23.4 Å². The van der Waals surface area contributed by atoms with Gasteiger partial charge in [0.1, 0.15) is 18.0 Å². The van der Waals surface area contributed by atoms with E-state index in [1.165, 1.54) is 11.1 Å². The molecule has 1 aliphatic heterocycles. The second-order valence-electron chi connectivity index (χ2n) is 7.36. The first-order valence-corrected chi connectivity index (χ1v) is 9.74. The molecule has 5 nitrogen and oxygen atoms in total. The molecule has 0 N–H and O–H groups in total. The minimum absolute atomic E-state index is 0.00334. The molecule has 0 spiro atoms. The maximum atomic E-state index is 13.0. The number of fused-ring (bicyclic) bond motifs is 2. The fourth-order valence-corrected chi connectivity index (χ4v) is 3.81. The normalized spacial score (nSPS) is 12.9. The van der Waals surface area contributed by atoms with E-state index in [-0.39, 0.29) is 5.91 Å². The highest BCUT2D eigenvalue weighted by Gasteiger charge is 2.25. The monoisotopic (exact) mass is 383 g/mol. The number of nitrogens with zero attached hydrogens (tertiary/aromatic N) is 3. The maximum absolute atomic E-state index is 13.0. The van der Waals surface area contributed by atoms with Crippen molar-refractivity contribution in [2.75, 3.05) is 11.4 Å². The molecule has 5 rings (SSSR count). The van der Waals surface area contributed by atoms with Gasteiger partial charge in [-0.25, -0.2) is 4.98 Å². The summed E-state index contributed by atoms with van der Waals surface area (Å²) in [6, 6.07) is 19.5. The molecule has 0 atom stereocenters. The summed E-state index contributed by atoms with van der Waals surface area (Å²) >= 11 is 0. The van der Waals surface area contributed by atoms with Crippen molar-refractivity contribution in [1.29, 1.82) is 0 Å². The lowest BCUT2D eigenvalue weighted by Gasteiger charge is -2.17. The highest BCUT2D eigenvalue weighted by molar-refractivity contribution is 6.07. The quantitative estimate of drug-likeness (QED) is 0.524. The van der Waals surface area contributed by atoms with Crippen molar-refractivity contribution in [2.24, 2.45) is 0 Å². The van der Waals surface area contributed by atoms with E-state index < -0.39 is 0 Å². The summed E-state index contributed by atoms with van der Waals surface area (Å²) in [6.45, 7) is 3.12. The van der Waals surface area contributed by atoms with Gasteiger partial charge < -0.3 is 14.0 Å². The smallest absolute Gasteiger partial charge is 0.258 e. The Labute approximate surface area is 169 Å². The van der Waals surface area contributed by atoms with Crippen LogP contribution in [0, 0.1) is 6.92 Å². The number of anilines is 1. The largest absolute Gasteiger partial charge is 0.487 e. The molecule has 0 bridgehead atoms. The predicted octanol–water partition coefficient (Wildman–Crippen LogP) is 4.42. The summed E-state index contributed by atoms with van der Waals surface area (Å²) in [6.07, 6.45) is 4.91. The molecule has 4 aromatic rings. The van der Waals surface area contributed by atoms with Crippen LogP contribution in [0.5, 0.6) is 5.75 Å². The standard InChI is InChI=1S/C24H21N3O2/c1-17-9-10-23-25-20(15-26(23)14-17)16-29-21-7-4-6-19(13-21)24(28)27-12-11-18-5-2-3-8-22(18)27/h2-10,13-15H,11-12,16H2,1H3. The fraction of sp³-hybridized carbons (Fsp3) is 0.167. The third kappa shape index (κ3) is 3.36.